The fourth-order valence-corrected chi connectivity index (χ4v) is 4.96. The normalized spacial score (nSPS) is 15.8. The van der Waals surface area contributed by atoms with E-state index in [4.69, 9.17) is 11.6 Å². The van der Waals surface area contributed by atoms with E-state index in [1.807, 2.05) is 29.5 Å². The van der Waals surface area contributed by atoms with Crippen LogP contribution >= 0.6 is 11.6 Å². The summed E-state index contributed by atoms with van der Waals surface area (Å²) in [6.07, 6.45) is 0. The number of aryl methyl sites for hydroxylation is 2. The van der Waals surface area contributed by atoms with E-state index in [2.05, 4.69) is 37.3 Å². The molecule has 3 aromatic heterocycles. The molecule has 0 bridgehead atoms. The first-order chi connectivity index (χ1) is 15.8. The molecule has 1 aliphatic rings. The SMILES string of the molecule is Cc1c(C)n2c3c(=O)[nH]c(=O)n(C)c3nc2n1CCN1CCN(Cc2cccc(Cl)c2)CC1. The second-order valence-corrected chi connectivity index (χ2v) is 9.24. The number of imidazole rings is 2. The molecule has 0 amide bonds. The summed E-state index contributed by atoms with van der Waals surface area (Å²) in [5.74, 6) is 0.700. The van der Waals surface area contributed by atoms with E-state index in [1.54, 1.807) is 7.05 Å². The molecule has 1 N–H and O–H groups in total. The lowest BCUT2D eigenvalue weighted by molar-refractivity contribution is 0.124. The van der Waals surface area contributed by atoms with E-state index >= 15 is 0 Å². The van der Waals surface area contributed by atoms with Crippen molar-refractivity contribution < 1.29 is 0 Å². The summed E-state index contributed by atoms with van der Waals surface area (Å²) >= 11 is 6.12. The Morgan fingerprint density at radius 2 is 1.76 bits per heavy atom. The first-order valence-corrected chi connectivity index (χ1v) is 11.6. The minimum absolute atomic E-state index is 0.406. The Morgan fingerprint density at radius 3 is 2.48 bits per heavy atom. The molecule has 0 aliphatic carbocycles. The smallest absolute Gasteiger partial charge is 0.313 e. The molecule has 1 aliphatic heterocycles. The maximum Gasteiger partial charge on any atom is 0.329 e. The number of fused-ring (bicyclic) bond motifs is 3. The maximum atomic E-state index is 12.5. The van der Waals surface area contributed by atoms with Gasteiger partial charge in [-0.25, -0.2) is 4.79 Å². The van der Waals surface area contributed by atoms with Gasteiger partial charge in [-0.2, -0.15) is 4.98 Å². The predicted molar refractivity (Wildman–Crippen MR) is 129 cm³/mol. The van der Waals surface area contributed by atoms with Gasteiger partial charge in [0.15, 0.2) is 11.2 Å². The number of piperazine rings is 1. The van der Waals surface area contributed by atoms with Crippen LogP contribution in [-0.2, 0) is 20.1 Å². The molecule has 4 aromatic rings. The van der Waals surface area contributed by atoms with Gasteiger partial charge in [0, 0.05) is 69.3 Å². The lowest BCUT2D eigenvalue weighted by atomic mass is 10.2. The predicted octanol–water partition coefficient (Wildman–Crippen LogP) is 1.76. The lowest BCUT2D eigenvalue weighted by Gasteiger charge is -2.34. The first kappa shape index (κ1) is 21.9. The number of hydrogen-bond donors (Lipinski definition) is 1. The summed E-state index contributed by atoms with van der Waals surface area (Å²) in [4.78, 5) is 36.5. The van der Waals surface area contributed by atoms with E-state index in [0.29, 0.717) is 16.9 Å². The summed E-state index contributed by atoms with van der Waals surface area (Å²) < 4.78 is 5.41. The Labute approximate surface area is 195 Å². The summed E-state index contributed by atoms with van der Waals surface area (Å²) in [5, 5.41) is 0.781. The zero-order valence-electron chi connectivity index (χ0n) is 19.1. The highest BCUT2D eigenvalue weighted by molar-refractivity contribution is 6.30. The van der Waals surface area contributed by atoms with Crippen molar-refractivity contribution in [3.8, 4) is 0 Å². The molecular weight excluding hydrogens is 442 g/mol. The Balaban J connectivity index is 1.31. The van der Waals surface area contributed by atoms with Crippen molar-refractivity contribution in [2.75, 3.05) is 32.7 Å². The topological polar surface area (TPSA) is 83.6 Å². The highest BCUT2D eigenvalue weighted by Gasteiger charge is 2.22. The van der Waals surface area contributed by atoms with E-state index in [9.17, 15) is 9.59 Å². The number of aromatic amines is 1. The van der Waals surface area contributed by atoms with Crippen LogP contribution in [0.5, 0.6) is 0 Å². The Morgan fingerprint density at radius 1 is 1.03 bits per heavy atom. The first-order valence-electron chi connectivity index (χ1n) is 11.2. The van der Waals surface area contributed by atoms with Gasteiger partial charge in [-0.15, -0.1) is 0 Å². The highest BCUT2D eigenvalue weighted by Crippen LogP contribution is 2.21. The van der Waals surface area contributed by atoms with Crippen molar-refractivity contribution in [3.63, 3.8) is 0 Å². The standard InChI is InChI=1S/C23H28ClN7O2/c1-15-16(2)31-19-20(27(3)23(33)26-21(19)32)25-22(31)30(15)12-11-28-7-9-29(10-8-28)14-17-5-4-6-18(24)13-17/h4-6,13H,7-12,14H2,1-3H3,(H,26,32,33). The van der Waals surface area contributed by atoms with Gasteiger partial charge in [-0.1, -0.05) is 23.7 Å². The molecule has 1 saturated heterocycles. The highest BCUT2D eigenvalue weighted by atomic mass is 35.5. The molecule has 33 heavy (non-hydrogen) atoms. The van der Waals surface area contributed by atoms with Crippen LogP contribution in [0.3, 0.4) is 0 Å². The van der Waals surface area contributed by atoms with Gasteiger partial charge >= 0.3 is 5.69 Å². The van der Waals surface area contributed by atoms with Crippen LogP contribution in [0.4, 0.5) is 0 Å². The molecule has 4 heterocycles. The van der Waals surface area contributed by atoms with Crippen LogP contribution in [0.1, 0.15) is 17.0 Å². The van der Waals surface area contributed by atoms with Gasteiger partial charge in [-0.3, -0.25) is 28.5 Å². The van der Waals surface area contributed by atoms with Gasteiger partial charge in [-0.05, 0) is 31.5 Å². The van der Waals surface area contributed by atoms with Crippen molar-refractivity contribution in [1.82, 2.24) is 33.3 Å². The summed E-state index contributed by atoms with van der Waals surface area (Å²) in [5.41, 5.74) is 3.25. The molecular formula is C23H28ClN7O2. The number of nitrogens with one attached hydrogen (secondary N) is 1. The fourth-order valence-electron chi connectivity index (χ4n) is 4.75. The van der Waals surface area contributed by atoms with Crippen LogP contribution in [0.2, 0.25) is 5.02 Å². The van der Waals surface area contributed by atoms with Gasteiger partial charge in [0.05, 0.1) is 0 Å². The number of H-pyrrole nitrogens is 1. The second kappa shape index (κ2) is 8.48. The van der Waals surface area contributed by atoms with Gasteiger partial charge in [0.25, 0.3) is 5.56 Å². The van der Waals surface area contributed by atoms with Crippen LogP contribution in [-0.4, -0.2) is 66.0 Å². The summed E-state index contributed by atoms with van der Waals surface area (Å²) in [6, 6.07) is 8.06. The minimum atomic E-state index is -0.454. The molecule has 1 fully saturated rings. The molecule has 0 radical (unpaired) electrons. The molecule has 9 nitrogen and oxygen atoms in total. The average molecular weight is 470 g/mol. The minimum Gasteiger partial charge on any atom is -0.313 e. The largest absolute Gasteiger partial charge is 0.329 e. The molecule has 0 spiro atoms. The van der Waals surface area contributed by atoms with Gasteiger partial charge in [0.1, 0.15) is 0 Å². The Hall–Kier alpha value is -2.88. The number of rotatable bonds is 5. The quantitative estimate of drug-likeness (QED) is 0.481. The molecule has 0 unspecified atom stereocenters. The number of benzene rings is 1. The molecule has 0 saturated carbocycles. The molecule has 5 rings (SSSR count). The third-order valence-corrected chi connectivity index (χ3v) is 7.04. The number of aromatic nitrogens is 5. The second-order valence-electron chi connectivity index (χ2n) is 8.81. The van der Waals surface area contributed by atoms with Gasteiger partial charge in [0.2, 0.25) is 5.78 Å². The zero-order valence-corrected chi connectivity index (χ0v) is 19.9. The fraction of sp³-hybridized carbons (Fsp3) is 0.435. The third kappa shape index (κ3) is 3.90. The molecule has 10 heteroatoms. The van der Waals surface area contributed by atoms with E-state index in [0.717, 1.165) is 62.2 Å². The molecule has 0 atom stereocenters. The van der Waals surface area contributed by atoms with Crippen LogP contribution in [0.15, 0.2) is 33.9 Å². The van der Waals surface area contributed by atoms with Crippen molar-refractivity contribution in [2.45, 2.75) is 26.9 Å². The van der Waals surface area contributed by atoms with Crippen LogP contribution in [0, 0.1) is 13.8 Å². The summed E-state index contributed by atoms with van der Waals surface area (Å²) in [7, 11) is 1.63. The third-order valence-electron chi connectivity index (χ3n) is 6.80. The van der Waals surface area contributed by atoms with E-state index in [1.165, 1.54) is 10.1 Å². The van der Waals surface area contributed by atoms with Crippen LogP contribution < -0.4 is 11.2 Å². The Bertz CT molecular complexity index is 1450. The van der Waals surface area contributed by atoms with E-state index < -0.39 is 11.2 Å². The average Bonchev–Trinajstić information content (AvgIpc) is 3.28. The summed E-state index contributed by atoms with van der Waals surface area (Å²) in [6.45, 7) is 10.6. The number of nitrogens with zero attached hydrogens (tertiary/aromatic N) is 6. The van der Waals surface area contributed by atoms with Crippen LogP contribution in [0.25, 0.3) is 16.9 Å². The van der Waals surface area contributed by atoms with E-state index in [-0.39, 0.29) is 0 Å². The lowest BCUT2D eigenvalue weighted by Crippen LogP contribution is -2.46. The monoisotopic (exact) mass is 469 g/mol. The maximum absolute atomic E-state index is 12.5. The molecule has 174 valence electrons. The zero-order chi connectivity index (χ0) is 23.3. The van der Waals surface area contributed by atoms with Gasteiger partial charge < -0.3 is 4.57 Å². The van der Waals surface area contributed by atoms with Crippen molar-refractivity contribution in [1.29, 1.82) is 0 Å². The number of halogens is 1. The van der Waals surface area contributed by atoms with Crippen molar-refractivity contribution >= 4 is 28.5 Å². The number of hydrogen-bond acceptors (Lipinski definition) is 5. The molecule has 1 aromatic carbocycles. The van der Waals surface area contributed by atoms with Crippen molar-refractivity contribution in [3.05, 3.63) is 67.1 Å². The van der Waals surface area contributed by atoms with Crippen molar-refractivity contribution in [2.24, 2.45) is 7.05 Å². The Kier molecular flexibility index (Phi) is 5.64.